The van der Waals surface area contributed by atoms with E-state index in [4.69, 9.17) is 0 Å². The lowest BCUT2D eigenvalue weighted by Crippen LogP contribution is -2.40. The Hall–Kier alpha value is -3.09. The number of imide groups is 1. The van der Waals surface area contributed by atoms with Gasteiger partial charge in [0.05, 0.1) is 11.4 Å². The van der Waals surface area contributed by atoms with Crippen LogP contribution >= 0.6 is 0 Å². The van der Waals surface area contributed by atoms with Gasteiger partial charge in [0, 0.05) is 0 Å². The molecule has 0 N–H and O–H groups in total. The van der Waals surface area contributed by atoms with Crippen LogP contribution in [0.5, 0.6) is 0 Å². The largest absolute Gasteiger partial charge is 0.271 e. The predicted molar refractivity (Wildman–Crippen MR) is 94.5 cm³/mol. The number of aryl methyl sites for hydroxylation is 3. The van der Waals surface area contributed by atoms with Gasteiger partial charge in [0.25, 0.3) is 11.8 Å². The molecule has 0 aromatic heterocycles. The first-order chi connectivity index (χ1) is 12.4. The first-order valence-electron chi connectivity index (χ1n) is 8.29. The summed E-state index contributed by atoms with van der Waals surface area (Å²) in [5.74, 6) is -1.40. The molecule has 0 bridgehead atoms. The zero-order valence-electron chi connectivity index (χ0n) is 14.6. The molecule has 0 radical (unpaired) electrons. The summed E-state index contributed by atoms with van der Waals surface area (Å²) >= 11 is 0. The molecular weight excluding hydrogens is 335 g/mol. The molecule has 1 saturated heterocycles. The van der Waals surface area contributed by atoms with Crippen molar-refractivity contribution < 1.29 is 14.0 Å². The van der Waals surface area contributed by atoms with Crippen molar-refractivity contribution in [2.45, 2.75) is 32.9 Å². The molecule has 0 aliphatic carbocycles. The molecule has 132 valence electrons. The molecule has 0 spiro atoms. The van der Waals surface area contributed by atoms with Crippen molar-refractivity contribution in [1.82, 2.24) is 0 Å². The quantitative estimate of drug-likeness (QED) is 0.780. The predicted octanol–water partition coefficient (Wildman–Crippen LogP) is 3.25. The molecule has 2 aliphatic rings. The lowest BCUT2D eigenvalue weighted by molar-refractivity contribution is -0.121. The molecule has 2 aromatic rings. The molecule has 0 unspecified atom stereocenters. The summed E-state index contributed by atoms with van der Waals surface area (Å²) in [5, 5.41) is 9.51. The van der Waals surface area contributed by atoms with Crippen molar-refractivity contribution in [2.24, 2.45) is 10.3 Å². The number of halogens is 1. The van der Waals surface area contributed by atoms with Crippen molar-refractivity contribution in [3.05, 3.63) is 58.9 Å². The molecular formula is C19H17FN4O2. The van der Waals surface area contributed by atoms with E-state index >= 15 is 0 Å². The highest BCUT2D eigenvalue weighted by Crippen LogP contribution is 2.35. The highest BCUT2D eigenvalue weighted by Gasteiger charge is 2.55. The first kappa shape index (κ1) is 16.4. The molecule has 2 aromatic carbocycles. The van der Waals surface area contributed by atoms with Gasteiger partial charge in [0.15, 0.2) is 12.1 Å². The van der Waals surface area contributed by atoms with Gasteiger partial charge in [-0.15, -0.1) is 0 Å². The third-order valence-electron chi connectivity index (χ3n) is 4.95. The number of carbonyl (C=O) groups excluding carboxylic acids is 2. The monoisotopic (exact) mass is 352 g/mol. The third kappa shape index (κ3) is 2.31. The maximum absolute atomic E-state index is 13.9. The van der Waals surface area contributed by atoms with E-state index in [-0.39, 0.29) is 5.69 Å². The van der Waals surface area contributed by atoms with Crippen LogP contribution in [0.15, 0.2) is 46.7 Å². The molecule has 2 aliphatic heterocycles. The lowest BCUT2D eigenvalue weighted by atomic mass is 10.1. The molecule has 2 amide bonds. The van der Waals surface area contributed by atoms with Gasteiger partial charge in [-0.1, -0.05) is 17.4 Å². The van der Waals surface area contributed by atoms with Crippen LogP contribution in [0.25, 0.3) is 0 Å². The van der Waals surface area contributed by atoms with E-state index in [2.05, 4.69) is 10.3 Å². The molecule has 1 fully saturated rings. The number of rotatable bonds is 2. The molecule has 2 atom stereocenters. The van der Waals surface area contributed by atoms with Gasteiger partial charge in [0.2, 0.25) is 0 Å². The minimum Gasteiger partial charge on any atom is -0.271 e. The number of nitrogens with zero attached hydrogens (tertiary/aromatic N) is 4. The second-order valence-electron chi connectivity index (χ2n) is 6.65. The van der Waals surface area contributed by atoms with Gasteiger partial charge in [-0.05, 0) is 61.7 Å². The molecule has 4 rings (SSSR count). The van der Waals surface area contributed by atoms with Crippen molar-refractivity contribution in [3.63, 3.8) is 0 Å². The SMILES string of the molecule is Cc1ccc(N2N=N[C@H]3C(=O)N(c4ccc(C)c(F)c4)C(=O)[C@@H]32)cc1C. The van der Waals surface area contributed by atoms with Gasteiger partial charge in [-0.3, -0.25) is 9.59 Å². The Balaban J connectivity index is 1.71. The second-order valence-corrected chi connectivity index (χ2v) is 6.65. The minimum absolute atomic E-state index is 0.215. The Morgan fingerprint density at radius 2 is 1.58 bits per heavy atom. The minimum atomic E-state index is -0.909. The van der Waals surface area contributed by atoms with Gasteiger partial charge in [0.1, 0.15) is 5.82 Å². The van der Waals surface area contributed by atoms with Crippen LogP contribution in [-0.4, -0.2) is 23.9 Å². The summed E-state index contributed by atoms with van der Waals surface area (Å²) < 4.78 is 13.9. The summed E-state index contributed by atoms with van der Waals surface area (Å²) in [5.41, 5.74) is 3.53. The van der Waals surface area contributed by atoms with Crippen LogP contribution in [0, 0.1) is 26.6 Å². The number of amides is 2. The second kappa shape index (κ2) is 5.72. The highest BCUT2D eigenvalue weighted by molar-refractivity contribution is 6.26. The lowest BCUT2D eigenvalue weighted by Gasteiger charge is -2.21. The number of fused-ring (bicyclic) bond motifs is 1. The van der Waals surface area contributed by atoms with E-state index in [1.165, 1.54) is 11.1 Å². The smallest absolute Gasteiger partial charge is 0.263 e. The maximum atomic E-state index is 13.9. The van der Waals surface area contributed by atoms with E-state index in [1.54, 1.807) is 19.1 Å². The molecule has 0 saturated carbocycles. The Morgan fingerprint density at radius 1 is 0.885 bits per heavy atom. The Labute approximate surface area is 149 Å². The first-order valence-corrected chi connectivity index (χ1v) is 8.29. The van der Waals surface area contributed by atoms with Gasteiger partial charge in [-0.2, -0.15) is 5.11 Å². The Bertz CT molecular complexity index is 972. The third-order valence-corrected chi connectivity index (χ3v) is 4.95. The van der Waals surface area contributed by atoms with E-state index in [0.29, 0.717) is 11.3 Å². The van der Waals surface area contributed by atoms with Crippen LogP contribution < -0.4 is 9.91 Å². The number of carbonyl (C=O) groups is 2. The molecule has 2 heterocycles. The average Bonchev–Trinajstić information content (AvgIpc) is 3.14. The summed E-state index contributed by atoms with van der Waals surface area (Å²) in [6.07, 6.45) is 0. The van der Waals surface area contributed by atoms with Crippen LogP contribution in [0.3, 0.4) is 0 Å². The van der Waals surface area contributed by atoms with Crippen LogP contribution in [-0.2, 0) is 9.59 Å². The summed E-state index contributed by atoms with van der Waals surface area (Å²) in [7, 11) is 0. The fraction of sp³-hybridized carbons (Fsp3) is 0.263. The van der Waals surface area contributed by atoms with Gasteiger partial charge < -0.3 is 0 Å². The van der Waals surface area contributed by atoms with Crippen LogP contribution in [0.1, 0.15) is 16.7 Å². The molecule has 26 heavy (non-hydrogen) atoms. The van der Waals surface area contributed by atoms with E-state index in [0.717, 1.165) is 16.0 Å². The van der Waals surface area contributed by atoms with E-state index in [1.807, 2.05) is 32.0 Å². The van der Waals surface area contributed by atoms with Gasteiger partial charge >= 0.3 is 0 Å². The van der Waals surface area contributed by atoms with Crippen LogP contribution in [0.4, 0.5) is 15.8 Å². The fourth-order valence-corrected chi connectivity index (χ4v) is 3.22. The maximum Gasteiger partial charge on any atom is 0.263 e. The summed E-state index contributed by atoms with van der Waals surface area (Å²) in [6.45, 7) is 5.58. The number of anilines is 2. The normalized spacial score (nSPS) is 21.7. The van der Waals surface area contributed by atoms with E-state index < -0.39 is 29.7 Å². The van der Waals surface area contributed by atoms with Gasteiger partial charge in [-0.25, -0.2) is 14.3 Å². The van der Waals surface area contributed by atoms with Crippen molar-refractivity contribution in [1.29, 1.82) is 0 Å². The number of benzene rings is 2. The topological polar surface area (TPSA) is 65.3 Å². The summed E-state index contributed by atoms with van der Waals surface area (Å²) in [6, 6.07) is 8.24. The highest BCUT2D eigenvalue weighted by atomic mass is 19.1. The Kier molecular flexibility index (Phi) is 3.61. The molecule has 7 heteroatoms. The van der Waals surface area contributed by atoms with E-state index in [9.17, 15) is 14.0 Å². The zero-order chi connectivity index (χ0) is 18.6. The van der Waals surface area contributed by atoms with Crippen molar-refractivity contribution in [3.8, 4) is 0 Å². The number of hydrogen-bond donors (Lipinski definition) is 0. The van der Waals surface area contributed by atoms with Crippen molar-refractivity contribution >= 4 is 23.2 Å². The average molecular weight is 352 g/mol. The standard InChI is InChI=1S/C19H17FN4O2/c1-10-4-7-14(8-12(10)3)24-17-16(21-22-24)18(25)23(19(17)26)13-6-5-11(2)15(20)9-13/h4-9,16-17H,1-3H3/t16-,17-/m1/s1. The zero-order valence-corrected chi connectivity index (χ0v) is 14.6. The molecule has 6 nitrogen and oxygen atoms in total. The Morgan fingerprint density at radius 3 is 2.27 bits per heavy atom. The fourth-order valence-electron chi connectivity index (χ4n) is 3.22. The van der Waals surface area contributed by atoms with Crippen LogP contribution in [0.2, 0.25) is 0 Å². The van der Waals surface area contributed by atoms with Crippen molar-refractivity contribution in [2.75, 3.05) is 9.91 Å². The summed E-state index contributed by atoms with van der Waals surface area (Å²) in [4.78, 5) is 26.6. The number of hydrogen-bond acceptors (Lipinski definition) is 5.